The fourth-order valence-corrected chi connectivity index (χ4v) is 6.85. The summed E-state index contributed by atoms with van der Waals surface area (Å²) in [5.41, 5.74) is 5.64. The molecule has 10 heteroatoms. The number of halogens is 1. The minimum atomic E-state index is -3.43. The second-order valence-electron chi connectivity index (χ2n) is 8.48. The number of hydrazone groups is 1. The highest BCUT2D eigenvalue weighted by atomic mass is 35.5. The molecule has 7 nitrogen and oxygen atoms in total. The van der Waals surface area contributed by atoms with Crippen molar-refractivity contribution in [1.82, 2.24) is 5.43 Å². The van der Waals surface area contributed by atoms with Gasteiger partial charge in [-0.15, -0.1) is 0 Å². The number of benzene rings is 2. The molecule has 184 valence electrons. The fourth-order valence-electron chi connectivity index (χ4n) is 4.04. The zero-order valence-corrected chi connectivity index (χ0v) is 21.5. The highest BCUT2D eigenvalue weighted by Gasteiger charge is 2.35. The average molecular weight is 525 g/mol. The molecule has 4 unspecified atom stereocenters. The maximum absolute atomic E-state index is 12.3. The molecule has 0 bridgehead atoms. The summed E-state index contributed by atoms with van der Waals surface area (Å²) in [6.45, 7) is 4.14. The standard InChI is InChI=1S/C24H29ClN2O5S2/c1-3-31-20-7-4-16(5-8-20)10-18-11-17(6-9-22(18)25)23-13-19(28)12-21(32-23)14-33-24-27-26-15(2)34(24,29)30/h4-9,11,15,19,21,23,26,28H,3,10,12-14H2,1-2H3. The van der Waals surface area contributed by atoms with Crippen LogP contribution in [-0.4, -0.2) is 47.8 Å². The molecule has 1 fully saturated rings. The van der Waals surface area contributed by atoms with Crippen molar-refractivity contribution in [3.05, 3.63) is 64.2 Å². The Balaban J connectivity index is 1.43. The van der Waals surface area contributed by atoms with Crippen molar-refractivity contribution in [2.45, 2.75) is 56.8 Å². The van der Waals surface area contributed by atoms with E-state index in [0.717, 1.165) is 34.2 Å². The SMILES string of the molecule is CCOc1ccc(Cc2cc(C3CC(O)CC(CSC4=NNC(C)S4(=O)=O)O3)ccc2Cl)cc1. The van der Waals surface area contributed by atoms with Gasteiger partial charge in [-0.2, -0.15) is 5.10 Å². The minimum Gasteiger partial charge on any atom is -0.494 e. The van der Waals surface area contributed by atoms with Crippen LogP contribution in [0.3, 0.4) is 0 Å². The van der Waals surface area contributed by atoms with E-state index in [1.165, 1.54) is 0 Å². The lowest BCUT2D eigenvalue weighted by Crippen LogP contribution is -2.33. The lowest BCUT2D eigenvalue weighted by molar-refractivity contribution is -0.0874. The summed E-state index contributed by atoms with van der Waals surface area (Å²) in [5.74, 6) is 1.23. The molecule has 2 aromatic carbocycles. The number of nitrogens with one attached hydrogen (secondary N) is 1. The number of aliphatic hydroxyl groups is 1. The van der Waals surface area contributed by atoms with E-state index < -0.39 is 21.3 Å². The first-order chi connectivity index (χ1) is 16.3. The molecule has 0 aromatic heterocycles. The average Bonchev–Trinajstić information content (AvgIpc) is 3.06. The Labute approximate surface area is 209 Å². The third-order valence-electron chi connectivity index (χ3n) is 5.89. The van der Waals surface area contributed by atoms with E-state index in [4.69, 9.17) is 21.1 Å². The summed E-state index contributed by atoms with van der Waals surface area (Å²) in [6, 6.07) is 13.8. The maximum atomic E-state index is 12.3. The lowest BCUT2D eigenvalue weighted by Gasteiger charge is -2.33. The van der Waals surface area contributed by atoms with Crippen LogP contribution in [0.1, 0.15) is 49.5 Å². The van der Waals surface area contributed by atoms with Crippen molar-refractivity contribution < 1.29 is 23.0 Å². The van der Waals surface area contributed by atoms with Crippen molar-refractivity contribution in [2.75, 3.05) is 12.4 Å². The van der Waals surface area contributed by atoms with E-state index in [1.54, 1.807) is 6.92 Å². The lowest BCUT2D eigenvalue weighted by atomic mass is 9.94. The first-order valence-electron chi connectivity index (χ1n) is 11.3. The highest BCUT2D eigenvalue weighted by Crippen LogP contribution is 2.35. The van der Waals surface area contributed by atoms with Crippen LogP contribution < -0.4 is 10.2 Å². The van der Waals surface area contributed by atoms with Gasteiger partial charge in [0.25, 0.3) is 0 Å². The molecule has 2 aromatic rings. The first-order valence-corrected chi connectivity index (χ1v) is 14.2. The number of ether oxygens (including phenoxy) is 2. The van der Waals surface area contributed by atoms with E-state index >= 15 is 0 Å². The highest BCUT2D eigenvalue weighted by molar-refractivity contribution is 8.35. The number of rotatable bonds is 7. The Morgan fingerprint density at radius 3 is 2.68 bits per heavy atom. The van der Waals surface area contributed by atoms with Gasteiger partial charge in [-0.05, 0) is 55.2 Å². The van der Waals surface area contributed by atoms with Gasteiger partial charge < -0.3 is 14.6 Å². The van der Waals surface area contributed by atoms with Crippen molar-refractivity contribution in [1.29, 1.82) is 0 Å². The van der Waals surface area contributed by atoms with Crippen LogP contribution in [0.5, 0.6) is 5.75 Å². The number of sulfone groups is 1. The van der Waals surface area contributed by atoms with Gasteiger partial charge in [0.15, 0.2) is 0 Å². The van der Waals surface area contributed by atoms with Gasteiger partial charge in [0.2, 0.25) is 14.2 Å². The van der Waals surface area contributed by atoms with Crippen LogP contribution in [0, 0.1) is 0 Å². The van der Waals surface area contributed by atoms with Gasteiger partial charge in [0.05, 0.1) is 24.9 Å². The molecule has 2 aliphatic heterocycles. The van der Waals surface area contributed by atoms with Crippen molar-refractivity contribution >= 4 is 37.6 Å². The Morgan fingerprint density at radius 2 is 2.00 bits per heavy atom. The topological polar surface area (TPSA) is 97.2 Å². The van der Waals surface area contributed by atoms with Gasteiger partial charge in [-0.3, -0.25) is 5.43 Å². The van der Waals surface area contributed by atoms with Gasteiger partial charge >= 0.3 is 0 Å². The predicted octanol–water partition coefficient (Wildman–Crippen LogP) is 4.28. The Hall–Kier alpha value is -1.78. The quantitative estimate of drug-likeness (QED) is 0.558. The molecule has 0 saturated carbocycles. The van der Waals surface area contributed by atoms with E-state index in [-0.39, 0.29) is 16.6 Å². The summed E-state index contributed by atoms with van der Waals surface area (Å²) >= 11 is 7.63. The molecule has 1 saturated heterocycles. The third kappa shape index (κ3) is 5.88. The maximum Gasteiger partial charge on any atom is 0.225 e. The molecule has 0 spiro atoms. The van der Waals surface area contributed by atoms with Crippen LogP contribution in [0.25, 0.3) is 0 Å². The first kappa shape index (κ1) is 25.3. The van der Waals surface area contributed by atoms with E-state index in [0.29, 0.717) is 36.6 Å². The Morgan fingerprint density at radius 1 is 1.24 bits per heavy atom. The number of thioether (sulfide) groups is 1. The van der Waals surface area contributed by atoms with Crippen LogP contribution in [0.15, 0.2) is 47.6 Å². The zero-order valence-electron chi connectivity index (χ0n) is 19.1. The summed E-state index contributed by atoms with van der Waals surface area (Å²) in [7, 11) is -3.43. The molecule has 0 aliphatic carbocycles. The van der Waals surface area contributed by atoms with Gasteiger partial charge in [-0.1, -0.05) is 47.6 Å². The zero-order chi connectivity index (χ0) is 24.3. The molecule has 2 N–H and O–H groups in total. The van der Waals surface area contributed by atoms with Crippen LogP contribution in [0.2, 0.25) is 5.02 Å². The van der Waals surface area contributed by atoms with Gasteiger partial charge in [-0.25, -0.2) is 8.42 Å². The fraction of sp³-hybridized carbons (Fsp3) is 0.458. The molecular formula is C24H29ClN2O5S2. The van der Waals surface area contributed by atoms with Crippen molar-refractivity contribution in [3.63, 3.8) is 0 Å². The molecule has 4 atom stereocenters. The number of hydrogen-bond acceptors (Lipinski definition) is 8. The minimum absolute atomic E-state index is 0.0735. The second-order valence-corrected chi connectivity index (χ2v) is 12.3. The molecule has 34 heavy (non-hydrogen) atoms. The van der Waals surface area contributed by atoms with Gasteiger partial charge in [0.1, 0.15) is 11.1 Å². The molecule has 0 radical (unpaired) electrons. The summed E-state index contributed by atoms with van der Waals surface area (Å²) in [5, 5.41) is 14.4. The van der Waals surface area contributed by atoms with E-state index in [9.17, 15) is 13.5 Å². The summed E-state index contributed by atoms with van der Waals surface area (Å²) < 4.78 is 36.4. The van der Waals surface area contributed by atoms with Crippen molar-refractivity contribution in [3.8, 4) is 5.75 Å². The van der Waals surface area contributed by atoms with E-state index in [2.05, 4.69) is 10.5 Å². The monoisotopic (exact) mass is 524 g/mol. The smallest absolute Gasteiger partial charge is 0.225 e. The third-order valence-corrected chi connectivity index (χ3v) is 9.80. The molecular weight excluding hydrogens is 496 g/mol. The summed E-state index contributed by atoms with van der Waals surface area (Å²) in [4.78, 5) is 0. The Kier molecular flexibility index (Phi) is 8.09. The van der Waals surface area contributed by atoms with Crippen LogP contribution in [-0.2, 0) is 21.0 Å². The normalized spacial score (nSPS) is 26.1. The van der Waals surface area contributed by atoms with E-state index in [1.807, 2.05) is 49.4 Å². The largest absolute Gasteiger partial charge is 0.494 e. The molecule has 2 heterocycles. The van der Waals surface area contributed by atoms with Crippen molar-refractivity contribution in [2.24, 2.45) is 5.10 Å². The molecule has 0 amide bonds. The summed E-state index contributed by atoms with van der Waals surface area (Å²) in [6.07, 6.45) is 0.461. The van der Waals surface area contributed by atoms with Gasteiger partial charge in [0, 0.05) is 23.6 Å². The number of nitrogens with zero attached hydrogens (tertiary/aromatic N) is 1. The Bertz CT molecular complexity index is 1140. The molecule has 4 rings (SSSR count). The molecule has 2 aliphatic rings. The number of hydrogen-bond donors (Lipinski definition) is 2. The number of aliphatic hydroxyl groups excluding tert-OH is 1. The van der Waals surface area contributed by atoms with Crippen LogP contribution >= 0.6 is 23.4 Å². The second kappa shape index (κ2) is 10.9. The van der Waals surface area contributed by atoms with Crippen LogP contribution in [0.4, 0.5) is 0 Å². The predicted molar refractivity (Wildman–Crippen MR) is 136 cm³/mol.